The third kappa shape index (κ3) is 5.59. The van der Waals surface area contributed by atoms with Crippen LogP contribution in [0.5, 0.6) is 0 Å². The Morgan fingerprint density at radius 3 is 1.65 bits per heavy atom. The van der Waals surface area contributed by atoms with E-state index in [1.54, 1.807) is 6.26 Å². The van der Waals surface area contributed by atoms with Gasteiger partial charge in [0.1, 0.15) is 17.4 Å². The van der Waals surface area contributed by atoms with Crippen LogP contribution in [0.1, 0.15) is 37.8 Å². The number of aliphatic imine (C=N–C) groups is 2. The van der Waals surface area contributed by atoms with E-state index in [9.17, 15) is 0 Å². The molecule has 3 aromatic rings. The molecule has 3 rings (SSSR count). The molecule has 0 spiro atoms. The van der Waals surface area contributed by atoms with E-state index >= 15 is 0 Å². The molecule has 7 nitrogen and oxygen atoms in total. The molecule has 0 bridgehead atoms. The normalized spacial score (nSPS) is 14.5. The number of amidine groups is 2. The maximum Gasteiger partial charge on any atom is 0.134 e. The van der Waals surface area contributed by atoms with Gasteiger partial charge in [0.05, 0.1) is 18.6 Å². The highest BCUT2D eigenvalue weighted by atomic mass is 16.3. The lowest BCUT2D eigenvalue weighted by Gasteiger charge is -2.06. The number of nitrogens with zero attached hydrogens (tertiary/aromatic N) is 2. The van der Waals surface area contributed by atoms with Crippen LogP contribution in [0.25, 0.3) is 22.5 Å². The zero-order valence-corrected chi connectivity index (χ0v) is 18.0. The van der Waals surface area contributed by atoms with Crippen molar-refractivity contribution in [2.24, 2.45) is 32.9 Å². The highest BCUT2D eigenvalue weighted by Gasteiger charge is 2.09. The SMILES string of the molecule is CCC(N)/N=C(\N)c1ccc(-c2coc(-c3ccc(/C(N)=N/C(N)CC)cc3)c2)cc1. The van der Waals surface area contributed by atoms with E-state index < -0.39 is 0 Å². The summed E-state index contributed by atoms with van der Waals surface area (Å²) in [7, 11) is 0. The average Bonchev–Trinajstić information content (AvgIpc) is 3.29. The number of hydrogen-bond acceptors (Lipinski definition) is 5. The minimum absolute atomic E-state index is 0.285. The van der Waals surface area contributed by atoms with Gasteiger partial charge < -0.3 is 27.4 Å². The average molecular weight is 419 g/mol. The van der Waals surface area contributed by atoms with Gasteiger partial charge in [-0.15, -0.1) is 0 Å². The number of hydrogen-bond donors (Lipinski definition) is 4. The Hall–Kier alpha value is -3.42. The van der Waals surface area contributed by atoms with Crippen molar-refractivity contribution < 1.29 is 4.42 Å². The Morgan fingerprint density at radius 2 is 1.19 bits per heavy atom. The van der Waals surface area contributed by atoms with Crippen LogP contribution in [0.15, 0.2) is 75.3 Å². The van der Waals surface area contributed by atoms with Gasteiger partial charge in [0.15, 0.2) is 0 Å². The Kier molecular flexibility index (Phi) is 7.23. The molecule has 1 aromatic heterocycles. The molecule has 1 heterocycles. The predicted octanol–water partition coefficient (Wildman–Crippen LogP) is 3.41. The van der Waals surface area contributed by atoms with Gasteiger partial charge in [0, 0.05) is 22.3 Å². The van der Waals surface area contributed by atoms with Crippen LogP contribution in [-0.4, -0.2) is 24.0 Å². The second-order valence-corrected chi connectivity index (χ2v) is 7.33. The van der Waals surface area contributed by atoms with Crippen molar-refractivity contribution in [1.82, 2.24) is 0 Å². The van der Waals surface area contributed by atoms with Crippen molar-refractivity contribution >= 4 is 11.7 Å². The first-order valence-corrected chi connectivity index (χ1v) is 10.4. The summed E-state index contributed by atoms with van der Waals surface area (Å²) in [5.74, 6) is 1.64. The molecule has 2 unspecified atom stereocenters. The molecule has 31 heavy (non-hydrogen) atoms. The lowest BCUT2D eigenvalue weighted by atomic mass is 10.0. The van der Waals surface area contributed by atoms with E-state index in [1.165, 1.54) is 0 Å². The first kappa shape index (κ1) is 22.3. The Balaban J connectivity index is 1.76. The van der Waals surface area contributed by atoms with E-state index in [0.717, 1.165) is 46.4 Å². The van der Waals surface area contributed by atoms with Crippen LogP contribution in [0.3, 0.4) is 0 Å². The van der Waals surface area contributed by atoms with Crippen molar-refractivity contribution in [2.45, 2.75) is 39.0 Å². The second kappa shape index (κ2) is 10.1. The van der Waals surface area contributed by atoms with Crippen molar-refractivity contribution in [3.05, 3.63) is 72.0 Å². The van der Waals surface area contributed by atoms with Crippen LogP contribution < -0.4 is 22.9 Å². The van der Waals surface area contributed by atoms with Crippen molar-refractivity contribution in [3.8, 4) is 22.5 Å². The van der Waals surface area contributed by atoms with Crippen LogP contribution in [0, 0.1) is 0 Å². The topological polar surface area (TPSA) is 142 Å². The monoisotopic (exact) mass is 418 g/mol. The van der Waals surface area contributed by atoms with Gasteiger partial charge in [-0.25, -0.2) is 9.98 Å². The molecular formula is C24H30N6O. The highest BCUT2D eigenvalue weighted by molar-refractivity contribution is 5.98. The lowest BCUT2D eigenvalue weighted by Crippen LogP contribution is -2.23. The molecule has 0 radical (unpaired) electrons. The third-order valence-corrected chi connectivity index (χ3v) is 5.03. The van der Waals surface area contributed by atoms with Crippen LogP contribution >= 0.6 is 0 Å². The highest BCUT2D eigenvalue weighted by Crippen LogP contribution is 2.29. The van der Waals surface area contributed by atoms with Crippen LogP contribution in [-0.2, 0) is 0 Å². The molecule has 162 valence electrons. The predicted molar refractivity (Wildman–Crippen MR) is 128 cm³/mol. The quantitative estimate of drug-likeness (QED) is 0.327. The van der Waals surface area contributed by atoms with Gasteiger partial charge in [0.2, 0.25) is 0 Å². The number of furan rings is 1. The van der Waals surface area contributed by atoms with Crippen molar-refractivity contribution in [2.75, 3.05) is 0 Å². The summed E-state index contributed by atoms with van der Waals surface area (Å²) >= 11 is 0. The zero-order chi connectivity index (χ0) is 22.4. The van der Waals surface area contributed by atoms with Gasteiger partial charge in [-0.1, -0.05) is 62.4 Å². The van der Waals surface area contributed by atoms with E-state index in [2.05, 4.69) is 9.98 Å². The van der Waals surface area contributed by atoms with E-state index in [0.29, 0.717) is 11.7 Å². The molecule has 0 amide bonds. The number of benzene rings is 2. The molecule has 0 saturated heterocycles. The zero-order valence-electron chi connectivity index (χ0n) is 18.0. The summed E-state index contributed by atoms with van der Waals surface area (Å²) in [6.07, 6.45) is 2.64. The minimum atomic E-state index is -0.288. The molecule has 8 N–H and O–H groups in total. The Morgan fingerprint density at radius 1 is 0.742 bits per heavy atom. The summed E-state index contributed by atoms with van der Waals surface area (Å²) in [6, 6.07) is 17.6. The van der Waals surface area contributed by atoms with E-state index in [1.807, 2.05) is 68.4 Å². The number of nitrogens with two attached hydrogens (primary N) is 4. The first-order valence-electron chi connectivity index (χ1n) is 10.4. The maximum atomic E-state index is 6.04. The standard InChI is InChI=1S/C24H30N6O/c1-3-21(25)29-23(27)17-9-5-15(6-10-17)19-13-20(31-14-19)16-7-11-18(12-8-16)24(28)30-22(26)4-2/h5-14,21-22H,3-4,25-26H2,1-2H3,(H2,27,29)(H2,28,30). The molecule has 2 atom stereocenters. The second-order valence-electron chi connectivity index (χ2n) is 7.33. The van der Waals surface area contributed by atoms with Gasteiger partial charge in [0.25, 0.3) is 0 Å². The number of rotatable bonds is 8. The summed E-state index contributed by atoms with van der Waals surface area (Å²) < 4.78 is 5.79. The Labute approximate surface area is 182 Å². The van der Waals surface area contributed by atoms with Crippen molar-refractivity contribution in [3.63, 3.8) is 0 Å². The smallest absolute Gasteiger partial charge is 0.134 e. The minimum Gasteiger partial charge on any atom is -0.464 e. The van der Waals surface area contributed by atoms with Gasteiger partial charge in [-0.05, 0) is 24.5 Å². The molecule has 0 aliphatic rings. The lowest BCUT2D eigenvalue weighted by molar-refractivity contribution is 0.583. The molecule has 2 aromatic carbocycles. The van der Waals surface area contributed by atoms with Crippen LogP contribution in [0.2, 0.25) is 0 Å². The fourth-order valence-electron chi connectivity index (χ4n) is 2.97. The molecule has 7 heteroatoms. The molecular weight excluding hydrogens is 388 g/mol. The fraction of sp³-hybridized carbons (Fsp3) is 0.250. The van der Waals surface area contributed by atoms with Gasteiger partial charge in [-0.2, -0.15) is 0 Å². The molecule has 0 fully saturated rings. The van der Waals surface area contributed by atoms with Crippen molar-refractivity contribution in [1.29, 1.82) is 0 Å². The van der Waals surface area contributed by atoms with E-state index in [-0.39, 0.29) is 12.3 Å². The molecule has 0 aliphatic heterocycles. The van der Waals surface area contributed by atoms with Crippen LogP contribution in [0.4, 0.5) is 0 Å². The summed E-state index contributed by atoms with van der Waals surface area (Å²) in [6.45, 7) is 3.94. The van der Waals surface area contributed by atoms with Gasteiger partial charge >= 0.3 is 0 Å². The largest absolute Gasteiger partial charge is 0.464 e. The van der Waals surface area contributed by atoms with Gasteiger partial charge in [-0.3, -0.25) is 0 Å². The maximum absolute atomic E-state index is 6.04. The molecule has 0 saturated carbocycles. The first-order chi connectivity index (χ1) is 14.9. The summed E-state index contributed by atoms with van der Waals surface area (Å²) in [5.41, 5.74) is 28.4. The summed E-state index contributed by atoms with van der Waals surface area (Å²) in [5, 5.41) is 0. The fourth-order valence-corrected chi connectivity index (χ4v) is 2.97. The summed E-state index contributed by atoms with van der Waals surface area (Å²) in [4.78, 5) is 8.56. The Bertz CT molecular complexity index is 966. The molecule has 0 aliphatic carbocycles. The van der Waals surface area contributed by atoms with E-state index in [4.69, 9.17) is 27.4 Å². The third-order valence-electron chi connectivity index (χ3n) is 5.03.